The molecule has 0 fully saturated rings. The molecule has 7 heteroatoms. The number of hydrogen-bond donors (Lipinski definition) is 0. The summed E-state index contributed by atoms with van der Waals surface area (Å²) in [5, 5.41) is 6.66. The normalized spacial score (nSPS) is 11.8. The van der Waals surface area contributed by atoms with Gasteiger partial charge in [0, 0.05) is 61.5 Å². The van der Waals surface area contributed by atoms with Crippen LogP contribution in [0.15, 0.2) is 211 Å². The molecule has 0 amide bonds. The Bertz CT molecular complexity index is 3850. The summed E-state index contributed by atoms with van der Waals surface area (Å²) in [6, 6.07) is 67.6. The summed E-state index contributed by atoms with van der Waals surface area (Å²) in [7, 11) is 0. The lowest BCUT2D eigenvalue weighted by Gasteiger charge is -2.11. The van der Waals surface area contributed by atoms with Gasteiger partial charge >= 0.3 is 0 Å². The Morgan fingerprint density at radius 1 is 0.365 bits per heavy atom. The Labute approximate surface area is 360 Å². The fourth-order valence-corrected chi connectivity index (χ4v) is 9.40. The van der Waals surface area contributed by atoms with E-state index < -0.39 is 0 Å². The second-order valence-corrected chi connectivity index (χ2v) is 15.9. The van der Waals surface area contributed by atoms with Gasteiger partial charge in [-0.05, 0) is 89.0 Å². The lowest BCUT2D eigenvalue weighted by atomic mass is 9.96. The molecular weight excluding hydrogens is 773 g/mol. The van der Waals surface area contributed by atoms with E-state index in [9.17, 15) is 0 Å². The number of benzene rings is 8. The Morgan fingerprint density at radius 3 is 1.71 bits per heavy atom. The van der Waals surface area contributed by atoms with Crippen molar-refractivity contribution >= 4 is 65.6 Å². The first-order chi connectivity index (χ1) is 31.2. The maximum absolute atomic E-state index is 6.56. The second kappa shape index (κ2) is 13.9. The largest absolute Gasteiger partial charge is 0.456 e. The van der Waals surface area contributed by atoms with Crippen LogP contribution < -0.4 is 0 Å². The Morgan fingerprint density at radius 2 is 0.952 bits per heavy atom. The Kier molecular flexibility index (Phi) is 7.77. The first kappa shape index (κ1) is 35.1. The summed E-state index contributed by atoms with van der Waals surface area (Å²) < 4.78 is 11.0. The third-order valence-corrected chi connectivity index (χ3v) is 12.3. The third kappa shape index (κ3) is 5.60. The lowest BCUT2D eigenvalue weighted by Crippen LogP contribution is -2.06. The first-order valence-corrected chi connectivity index (χ1v) is 21.0. The van der Waals surface area contributed by atoms with Crippen LogP contribution >= 0.6 is 0 Å². The third-order valence-electron chi connectivity index (χ3n) is 12.3. The minimum Gasteiger partial charge on any atom is -0.456 e. The molecule has 5 heterocycles. The van der Waals surface area contributed by atoms with E-state index in [1.807, 2.05) is 73.1 Å². The quantitative estimate of drug-likeness (QED) is 0.167. The summed E-state index contributed by atoms with van der Waals surface area (Å²) in [4.78, 5) is 19.7. The smallest absolute Gasteiger partial charge is 0.238 e. The zero-order valence-electron chi connectivity index (χ0n) is 33.7. The second-order valence-electron chi connectivity index (χ2n) is 15.9. The molecule has 294 valence electrons. The number of furan rings is 1. The summed E-state index contributed by atoms with van der Waals surface area (Å²) in [6.07, 6.45) is 3.84. The van der Waals surface area contributed by atoms with Crippen LogP contribution in [0.2, 0.25) is 0 Å². The molecule has 13 aromatic rings. The average molecular weight is 807 g/mol. The average Bonchev–Trinajstić information content (AvgIpc) is 4.02. The fourth-order valence-electron chi connectivity index (χ4n) is 9.40. The van der Waals surface area contributed by atoms with E-state index in [2.05, 4.69) is 148 Å². The molecule has 63 heavy (non-hydrogen) atoms. The van der Waals surface area contributed by atoms with Crippen molar-refractivity contribution in [1.82, 2.24) is 29.1 Å². The van der Waals surface area contributed by atoms with Crippen molar-refractivity contribution in [3.05, 3.63) is 207 Å². The van der Waals surface area contributed by atoms with E-state index in [1.165, 1.54) is 0 Å². The van der Waals surface area contributed by atoms with Gasteiger partial charge in [-0.25, -0.2) is 4.98 Å². The van der Waals surface area contributed by atoms with E-state index in [4.69, 9.17) is 19.4 Å². The molecule has 13 rings (SSSR count). The number of nitrogens with zero attached hydrogens (tertiary/aromatic N) is 6. The van der Waals surface area contributed by atoms with Gasteiger partial charge in [-0.15, -0.1) is 0 Å². The molecule has 0 atom stereocenters. The highest BCUT2D eigenvalue weighted by Gasteiger charge is 2.21. The van der Waals surface area contributed by atoms with Crippen LogP contribution in [0, 0.1) is 0 Å². The van der Waals surface area contributed by atoms with E-state index >= 15 is 0 Å². The maximum Gasteiger partial charge on any atom is 0.238 e. The molecule has 0 aliphatic rings. The minimum atomic E-state index is 0.566. The summed E-state index contributed by atoms with van der Waals surface area (Å²) in [6.45, 7) is 0. The van der Waals surface area contributed by atoms with E-state index in [-0.39, 0.29) is 0 Å². The van der Waals surface area contributed by atoms with Crippen molar-refractivity contribution in [3.8, 4) is 56.7 Å². The Hall–Kier alpha value is -8.68. The molecule has 0 saturated heterocycles. The summed E-state index contributed by atoms with van der Waals surface area (Å²) in [5.74, 6) is 1.81. The number of para-hydroxylation sites is 2. The molecule has 0 N–H and O–H groups in total. The van der Waals surface area contributed by atoms with Crippen LogP contribution in [0.5, 0.6) is 0 Å². The molecule has 0 aliphatic heterocycles. The van der Waals surface area contributed by atoms with E-state index in [0.29, 0.717) is 17.6 Å². The van der Waals surface area contributed by atoms with Gasteiger partial charge in [0.05, 0.1) is 22.1 Å². The van der Waals surface area contributed by atoms with Crippen molar-refractivity contribution in [2.75, 3.05) is 0 Å². The van der Waals surface area contributed by atoms with Gasteiger partial charge < -0.3 is 8.98 Å². The van der Waals surface area contributed by atoms with Crippen LogP contribution in [0.1, 0.15) is 0 Å². The molecule has 5 aromatic heterocycles. The molecule has 0 bridgehead atoms. The predicted octanol–water partition coefficient (Wildman–Crippen LogP) is 14.0. The number of rotatable bonds is 6. The summed E-state index contributed by atoms with van der Waals surface area (Å²) in [5.41, 5.74) is 13.4. The van der Waals surface area contributed by atoms with Gasteiger partial charge in [0.15, 0.2) is 11.6 Å². The maximum atomic E-state index is 6.56. The van der Waals surface area contributed by atoms with E-state index in [0.717, 1.165) is 105 Å². The number of aromatic nitrogens is 6. The van der Waals surface area contributed by atoms with Crippen LogP contribution in [-0.2, 0) is 0 Å². The molecule has 0 saturated carbocycles. The van der Waals surface area contributed by atoms with Crippen LogP contribution in [0.25, 0.3) is 122 Å². The van der Waals surface area contributed by atoms with Gasteiger partial charge in [-0.3, -0.25) is 9.55 Å². The highest BCUT2D eigenvalue weighted by molar-refractivity contribution is 6.16. The highest BCUT2D eigenvalue weighted by atomic mass is 16.3. The topological polar surface area (TPSA) is 74.6 Å². The van der Waals surface area contributed by atoms with Gasteiger partial charge in [0.1, 0.15) is 11.2 Å². The molecule has 7 nitrogen and oxygen atoms in total. The molecule has 8 aromatic carbocycles. The number of hydrogen-bond acceptors (Lipinski definition) is 5. The highest BCUT2D eigenvalue weighted by Crippen LogP contribution is 2.42. The van der Waals surface area contributed by atoms with Crippen molar-refractivity contribution < 1.29 is 4.42 Å². The van der Waals surface area contributed by atoms with Crippen LogP contribution in [-0.4, -0.2) is 29.1 Å². The molecule has 0 radical (unpaired) electrons. The van der Waals surface area contributed by atoms with Gasteiger partial charge in [-0.2, -0.15) is 9.97 Å². The van der Waals surface area contributed by atoms with Crippen molar-refractivity contribution in [2.45, 2.75) is 0 Å². The zero-order valence-corrected chi connectivity index (χ0v) is 33.7. The molecule has 0 aliphatic carbocycles. The Balaban J connectivity index is 0.968. The molecule has 0 spiro atoms. The van der Waals surface area contributed by atoms with Crippen LogP contribution in [0.4, 0.5) is 0 Å². The lowest BCUT2D eigenvalue weighted by molar-refractivity contribution is 0.669. The predicted molar refractivity (Wildman–Crippen MR) is 255 cm³/mol. The summed E-state index contributed by atoms with van der Waals surface area (Å²) >= 11 is 0. The van der Waals surface area contributed by atoms with Gasteiger partial charge in [0.2, 0.25) is 5.95 Å². The number of pyridine rings is 1. The van der Waals surface area contributed by atoms with E-state index in [1.54, 1.807) is 0 Å². The van der Waals surface area contributed by atoms with Crippen molar-refractivity contribution in [1.29, 1.82) is 0 Å². The van der Waals surface area contributed by atoms with Crippen LogP contribution in [0.3, 0.4) is 0 Å². The SMILES string of the molecule is c1ccc(-c2nc(-c3ccccc3)nc(-n3c4ccccc4c4cc(-c5cccc6oc7ccc(-c8ccc9c(c8)c8cnccc8n9-c8ccccc8)cc7c56)ccc43)n2)cc1. The van der Waals surface area contributed by atoms with Gasteiger partial charge in [-0.1, -0.05) is 127 Å². The minimum absolute atomic E-state index is 0.566. The first-order valence-electron chi connectivity index (χ1n) is 21.0. The van der Waals surface area contributed by atoms with Gasteiger partial charge in [0.25, 0.3) is 0 Å². The molecule has 0 unspecified atom stereocenters. The monoisotopic (exact) mass is 806 g/mol. The zero-order chi connectivity index (χ0) is 41.4. The molecular formula is C56H34N6O. The number of fused-ring (bicyclic) bond motifs is 9. The van der Waals surface area contributed by atoms with Crippen molar-refractivity contribution in [2.24, 2.45) is 0 Å². The fraction of sp³-hybridized carbons (Fsp3) is 0. The standard InChI is InChI=1S/C56H34N6O/c1-4-13-35(14-5-1)54-58-55(36-15-6-2-7-16-36)60-56(59-54)62-47-21-11-10-19-42(47)43-33-39(24-27-49(43)62)41-20-12-22-52-53(41)45-32-38(25-28-51(45)63-52)37-23-26-48-44(31-37)46-34-57-30-29-50(46)61(48)40-17-8-3-9-18-40/h1-34H. The van der Waals surface area contributed by atoms with Crippen molar-refractivity contribution in [3.63, 3.8) is 0 Å².